The van der Waals surface area contributed by atoms with E-state index in [4.69, 9.17) is 0 Å². The normalized spacial score (nSPS) is 10.9. The van der Waals surface area contributed by atoms with Crippen molar-refractivity contribution in [3.05, 3.63) is 35.7 Å². The van der Waals surface area contributed by atoms with Crippen LogP contribution in [0, 0.1) is 13.8 Å². The number of hydrogen-bond acceptors (Lipinski definition) is 3. The number of nitrogens with zero attached hydrogens (tertiary/aromatic N) is 5. The van der Waals surface area contributed by atoms with E-state index >= 15 is 0 Å². The van der Waals surface area contributed by atoms with Gasteiger partial charge in [-0.25, -0.2) is 4.98 Å². The van der Waals surface area contributed by atoms with E-state index in [1.165, 1.54) is 0 Å². The Morgan fingerprint density at radius 1 is 1.36 bits per heavy atom. The van der Waals surface area contributed by atoms with Crippen molar-refractivity contribution < 1.29 is 4.79 Å². The largest absolute Gasteiger partial charge is 0.346 e. The fourth-order valence-corrected chi connectivity index (χ4v) is 2.53. The molecule has 0 aliphatic heterocycles. The van der Waals surface area contributed by atoms with Crippen LogP contribution in [0.25, 0.3) is 0 Å². The van der Waals surface area contributed by atoms with Crippen molar-refractivity contribution in [3.63, 3.8) is 0 Å². The lowest BCUT2D eigenvalue weighted by Crippen LogP contribution is -2.29. The van der Waals surface area contributed by atoms with Crippen molar-refractivity contribution >= 4 is 5.91 Å². The van der Waals surface area contributed by atoms with Gasteiger partial charge in [0.2, 0.25) is 5.91 Å². The molecular formula is C16H25N5O. The van der Waals surface area contributed by atoms with Crippen LogP contribution in [0.3, 0.4) is 0 Å². The van der Waals surface area contributed by atoms with Gasteiger partial charge >= 0.3 is 0 Å². The van der Waals surface area contributed by atoms with E-state index in [0.717, 1.165) is 36.6 Å². The molecule has 0 atom stereocenters. The molecule has 0 aliphatic carbocycles. The molecule has 1 amide bonds. The van der Waals surface area contributed by atoms with Gasteiger partial charge in [0.05, 0.1) is 5.69 Å². The van der Waals surface area contributed by atoms with E-state index < -0.39 is 0 Å². The van der Waals surface area contributed by atoms with Crippen LogP contribution >= 0.6 is 0 Å². The van der Waals surface area contributed by atoms with Crippen LogP contribution in [0.2, 0.25) is 0 Å². The minimum Gasteiger partial charge on any atom is -0.346 e. The van der Waals surface area contributed by atoms with E-state index in [2.05, 4.69) is 10.1 Å². The molecule has 6 nitrogen and oxygen atoms in total. The first-order valence-electron chi connectivity index (χ1n) is 7.68. The second-order valence-corrected chi connectivity index (χ2v) is 5.77. The molecule has 6 heteroatoms. The maximum absolute atomic E-state index is 12.2. The van der Waals surface area contributed by atoms with Gasteiger partial charge in [-0.1, -0.05) is 0 Å². The van der Waals surface area contributed by atoms with Gasteiger partial charge in [0.1, 0.15) is 5.82 Å². The Morgan fingerprint density at radius 3 is 2.73 bits per heavy atom. The molecule has 0 aromatic carbocycles. The van der Waals surface area contributed by atoms with Crippen LogP contribution in [0.1, 0.15) is 30.1 Å². The zero-order valence-corrected chi connectivity index (χ0v) is 13.9. The second kappa shape index (κ2) is 7.24. The Bertz CT molecular complexity index is 628. The first-order chi connectivity index (χ1) is 10.5. The van der Waals surface area contributed by atoms with Crippen LogP contribution in [0.4, 0.5) is 0 Å². The van der Waals surface area contributed by atoms with E-state index in [0.29, 0.717) is 13.0 Å². The molecule has 120 valence electrons. The van der Waals surface area contributed by atoms with E-state index in [9.17, 15) is 4.79 Å². The lowest BCUT2D eigenvalue weighted by molar-refractivity contribution is -0.130. The van der Waals surface area contributed by atoms with Gasteiger partial charge in [-0.2, -0.15) is 5.10 Å². The standard InChI is InChI=1S/C16H25N5O/c1-13-12-14(2)21(18-13)10-7-16(22)20(4)9-5-6-15-17-8-11-19(15)3/h8,11-12H,5-7,9-10H2,1-4H3. The van der Waals surface area contributed by atoms with Gasteiger partial charge in [-0.15, -0.1) is 0 Å². The molecule has 0 saturated heterocycles. The second-order valence-electron chi connectivity index (χ2n) is 5.77. The first-order valence-corrected chi connectivity index (χ1v) is 7.68. The molecule has 0 saturated carbocycles. The first kappa shape index (κ1) is 16.3. The van der Waals surface area contributed by atoms with Gasteiger partial charge < -0.3 is 9.47 Å². The highest BCUT2D eigenvalue weighted by atomic mass is 16.2. The third-order valence-corrected chi connectivity index (χ3v) is 3.88. The predicted molar refractivity (Wildman–Crippen MR) is 85.5 cm³/mol. The molecule has 2 rings (SSSR count). The maximum atomic E-state index is 12.2. The van der Waals surface area contributed by atoms with Gasteiger partial charge in [0.25, 0.3) is 0 Å². The number of rotatable bonds is 7. The zero-order chi connectivity index (χ0) is 16.1. The molecule has 0 N–H and O–H groups in total. The monoisotopic (exact) mass is 303 g/mol. The van der Waals surface area contributed by atoms with Crippen LogP contribution < -0.4 is 0 Å². The molecule has 0 aliphatic rings. The summed E-state index contributed by atoms with van der Waals surface area (Å²) in [6.45, 7) is 5.38. The number of aromatic nitrogens is 4. The number of imidazole rings is 1. The minimum absolute atomic E-state index is 0.160. The molecule has 22 heavy (non-hydrogen) atoms. The summed E-state index contributed by atoms with van der Waals surface area (Å²) in [6, 6.07) is 2.03. The Kier molecular flexibility index (Phi) is 5.35. The minimum atomic E-state index is 0.160. The van der Waals surface area contributed by atoms with Crippen LogP contribution in [-0.2, 0) is 24.8 Å². The summed E-state index contributed by atoms with van der Waals surface area (Å²) in [6.07, 6.45) is 6.05. The smallest absolute Gasteiger partial charge is 0.224 e. The molecule has 0 spiro atoms. The number of hydrogen-bond donors (Lipinski definition) is 0. The topological polar surface area (TPSA) is 56.0 Å². The molecule has 0 fully saturated rings. The third kappa shape index (κ3) is 4.19. The number of carbonyl (C=O) groups is 1. The molecule has 0 bridgehead atoms. The maximum Gasteiger partial charge on any atom is 0.224 e. The molecule has 2 aromatic heterocycles. The van der Waals surface area contributed by atoms with Crippen molar-refractivity contribution in [2.45, 2.75) is 39.7 Å². The van der Waals surface area contributed by atoms with Crippen LogP contribution in [-0.4, -0.2) is 43.7 Å². The Labute approximate surface area is 131 Å². The Hall–Kier alpha value is -2.11. The summed E-state index contributed by atoms with van der Waals surface area (Å²) < 4.78 is 3.92. The summed E-state index contributed by atoms with van der Waals surface area (Å²) >= 11 is 0. The van der Waals surface area contributed by atoms with Crippen molar-refractivity contribution in [3.8, 4) is 0 Å². The predicted octanol–water partition coefficient (Wildman–Crippen LogP) is 1.71. The SMILES string of the molecule is Cc1cc(C)n(CCC(=O)N(C)CCCc2nccn2C)n1. The Morgan fingerprint density at radius 2 is 2.14 bits per heavy atom. The Balaban J connectivity index is 1.73. The lowest BCUT2D eigenvalue weighted by Gasteiger charge is -2.17. The summed E-state index contributed by atoms with van der Waals surface area (Å²) in [5.74, 6) is 1.22. The van der Waals surface area contributed by atoms with Gasteiger partial charge in [-0.3, -0.25) is 9.48 Å². The summed E-state index contributed by atoms with van der Waals surface area (Å²) in [5, 5.41) is 4.38. The van der Waals surface area contributed by atoms with Crippen molar-refractivity contribution in [1.82, 2.24) is 24.2 Å². The number of aryl methyl sites for hydroxylation is 5. The highest BCUT2D eigenvalue weighted by Gasteiger charge is 2.10. The van der Waals surface area contributed by atoms with Crippen molar-refractivity contribution in [2.24, 2.45) is 7.05 Å². The average molecular weight is 303 g/mol. The van der Waals surface area contributed by atoms with Gasteiger partial charge in [0.15, 0.2) is 0 Å². The molecule has 0 radical (unpaired) electrons. The van der Waals surface area contributed by atoms with Crippen LogP contribution in [0.5, 0.6) is 0 Å². The summed E-state index contributed by atoms with van der Waals surface area (Å²) in [7, 11) is 3.85. The highest BCUT2D eigenvalue weighted by Crippen LogP contribution is 2.05. The van der Waals surface area contributed by atoms with Crippen molar-refractivity contribution in [1.29, 1.82) is 0 Å². The highest BCUT2D eigenvalue weighted by molar-refractivity contribution is 5.75. The van der Waals surface area contributed by atoms with Gasteiger partial charge in [-0.05, 0) is 26.3 Å². The summed E-state index contributed by atoms with van der Waals surface area (Å²) in [4.78, 5) is 18.3. The number of carbonyl (C=O) groups excluding carboxylic acids is 1. The average Bonchev–Trinajstić information content (AvgIpc) is 3.01. The summed E-state index contributed by atoms with van der Waals surface area (Å²) in [5.41, 5.74) is 2.09. The van der Waals surface area contributed by atoms with E-state index in [1.807, 2.05) is 49.5 Å². The fraction of sp³-hybridized carbons (Fsp3) is 0.562. The number of amides is 1. The zero-order valence-electron chi connectivity index (χ0n) is 13.9. The lowest BCUT2D eigenvalue weighted by atomic mass is 10.2. The van der Waals surface area contributed by atoms with E-state index in [1.54, 1.807) is 11.1 Å². The molecule has 2 heterocycles. The fourth-order valence-electron chi connectivity index (χ4n) is 2.53. The third-order valence-electron chi connectivity index (χ3n) is 3.88. The molecule has 0 unspecified atom stereocenters. The molecular weight excluding hydrogens is 278 g/mol. The van der Waals surface area contributed by atoms with Crippen LogP contribution in [0.15, 0.2) is 18.5 Å². The van der Waals surface area contributed by atoms with Gasteiger partial charge in [0, 0.05) is 58.1 Å². The van der Waals surface area contributed by atoms with E-state index in [-0.39, 0.29) is 5.91 Å². The van der Waals surface area contributed by atoms with Crippen molar-refractivity contribution in [2.75, 3.05) is 13.6 Å². The molecule has 2 aromatic rings. The quantitative estimate of drug-likeness (QED) is 0.782.